The molecule has 1 saturated heterocycles. The molecular formula is C11H10ClN3O3. The minimum atomic E-state index is -0.586. The number of likely N-dealkylation sites (tertiary alicyclic amines) is 1. The lowest BCUT2D eigenvalue weighted by molar-refractivity contribution is -0.119. The highest BCUT2D eigenvalue weighted by Crippen LogP contribution is 2.16. The highest BCUT2D eigenvalue weighted by Gasteiger charge is 2.32. The highest BCUT2D eigenvalue weighted by atomic mass is 35.5. The Balaban J connectivity index is 2.08. The summed E-state index contributed by atoms with van der Waals surface area (Å²) < 4.78 is 0. The Bertz CT molecular complexity index is 530. The number of amides is 3. The van der Waals surface area contributed by atoms with E-state index in [0.29, 0.717) is 10.7 Å². The molecule has 0 bridgehead atoms. The van der Waals surface area contributed by atoms with Crippen molar-refractivity contribution in [3.05, 3.63) is 29.3 Å². The van der Waals surface area contributed by atoms with Gasteiger partial charge in [0, 0.05) is 23.7 Å². The van der Waals surface area contributed by atoms with Crippen LogP contribution in [0.2, 0.25) is 5.02 Å². The van der Waals surface area contributed by atoms with E-state index < -0.39 is 11.9 Å². The van der Waals surface area contributed by atoms with E-state index in [2.05, 4.69) is 10.5 Å². The molecule has 1 aliphatic heterocycles. The molecule has 0 aliphatic carbocycles. The van der Waals surface area contributed by atoms with Gasteiger partial charge in [0.2, 0.25) is 0 Å². The lowest BCUT2D eigenvalue weighted by Gasteiger charge is -2.14. The second-order valence-corrected chi connectivity index (χ2v) is 4.13. The highest BCUT2D eigenvalue weighted by molar-refractivity contribution is 6.43. The largest absolute Gasteiger partial charge is 0.410 e. The molecule has 2 rings (SSSR count). The molecule has 94 valence electrons. The Kier molecular flexibility index (Phi) is 3.47. The second kappa shape index (κ2) is 5.05. The molecule has 0 spiro atoms. The van der Waals surface area contributed by atoms with E-state index in [9.17, 15) is 9.59 Å². The lowest BCUT2D eigenvalue weighted by Crippen LogP contribution is -2.37. The molecule has 1 heterocycles. The Morgan fingerprint density at radius 3 is 2.89 bits per heavy atom. The number of anilines is 1. The van der Waals surface area contributed by atoms with Gasteiger partial charge in [0.1, 0.15) is 5.71 Å². The maximum Gasteiger partial charge on any atom is 0.328 e. The molecule has 0 radical (unpaired) electrons. The molecule has 18 heavy (non-hydrogen) atoms. The van der Waals surface area contributed by atoms with Crippen LogP contribution >= 0.6 is 11.6 Å². The number of nitrogens with zero attached hydrogens (tertiary/aromatic N) is 2. The molecule has 1 aromatic carbocycles. The first-order valence-corrected chi connectivity index (χ1v) is 5.59. The van der Waals surface area contributed by atoms with Crippen molar-refractivity contribution < 1.29 is 14.8 Å². The van der Waals surface area contributed by atoms with Crippen molar-refractivity contribution in [1.82, 2.24) is 4.90 Å². The first-order chi connectivity index (χ1) is 8.61. The van der Waals surface area contributed by atoms with Gasteiger partial charge < -0.3 is 10.5 Å². The fourth-order valence-corrected chi connectivity index (χ4v) is 1.82. The maximum absolute atomic E-state index is 11.8. The molecule has 3 amide bonds. The number of hydrogen-bond acceptors (Lipinski definition) is 4. The van der Waals surface area contributed by atoms with Crippen LogP contribution in [0.3, 0.4) is 0 Å². The normalized spacial score (nSPS) is 17.3. The molecule has 0 atom stereocenters. The molecule has 1 aromatic rings. The van der Waals surface area contributed by atoms with Crippen molar-refractivity contribution in [3.8, 4) is 0 Å². The zero-order chi connectivity index (χ0) is 13.1. The van der Waals surface area contributed by atoms with Crippen molar-refractivity contribution >= 4 is 34.9 Å². The fraction of sp³-hybridized carbons (Fsp3) is 0.182. The zero-order valence-electron chi connectivity index (χ0n) is 9.26. The van der Waals surface area contributed by atoms with Crippen LogP contribution in [-0.4, -0.2) is 34.3 Å². The quantitative estimate of drug-likeness (QED) is 0.602. The molecule has 0 unspecified atom stereocenters. The van der Waals surface area contributed by atoms with Crippen LogP contribution in [0.15, 0.2) is 29.4 Å². The van der Waals surface area contributed by atoms with Crippen molar-refractivity contribution in [3.63, 3.8) is 0 Å². The van der Waals surface area contributed by atoms with E-state index in [1.54, 1.807) is 24.3 Å². The Hall–Kier alpha value is -2.08. The number of rotatable bonds is 1. The monoisotopic (exact) mass is 267 g/mol. The van der Waals surface area contributed by atoms with Crippen LogP contribution in [0.1, 0.15) is 6.42 Å². The van der Waals surface area contributed by atoms with Gasteiger partial charge in [-0.2, -0.15) is 0 Å². The Morgan fingerprint density at radius 2 is 2.28 bits per heavy atom. The molecule has 0 saturated carbocycles. The number of imide groups is 1. The summed E-state index contributed by atoms with van der Waals surface area (Å²) in [6.07, 6.45) is 0.248. The third-order valence-electron chi connectivity index (χ3n) is 2.51. The van der Waals surface area contributed by atoms with Gasteiger partial charge in [-0.3, -0.25) is 9.69 Å². The topological polar surface area (TPSA) is 82.0 Å². The SMILES string of the molecule is O=C(Nc1cccc(Cl)c1)N1CC/C(=N/O)C1=O. The number of urea groups is 1. The van der Waals surface area contributed by atoms with Gasteiger partial charge in [-0.25, -0.2) is 4.79 Å². The first-order valence-electron chi connectivity index (χ1n) is 5.21. The number of nitrogens with one attached hydrogen (secondary N) is 1. The number of halogens is 1. The summed E-state index contributed by atoms with van der Waals surface area (Å²) in [7, 11) is 0. The number of benzene rings is 1. The summed E-state index contributed by atoms with van der Waals surface area (Å²) in [6.45, 7) is 0.199. The van der Waals surface area contributed by atoms with Crippen LogP contribution in [0.25, 0.3) is 0 Å². The van der Waals surface area contributed by atoms with Crippen molar-refractivity contribution in [2.45, 2.75) is 6.42 Å². The molecule has 1 fully saturated rings. The van der Waals surface area contributed by atoms with Gasteiger partial charge in [-0.1, -0.05) is 22.8 Å². The molecule has 0 aromatic heterocycles. The number of carbonyl (C=O) groups is 2. The smallest absolute Gasteiger partial charge is 0.328 e. The van der Waals surface area contributed by atoms with Crippen LogP contribution in [0, 0.1) is 0 Å². The zero-order valence-corrected chi connectivity index (χ0v) is 10.0. The van der Waals surface area contributed by atoms with Gasteiger partial charge in [0.25, 0.3) is 5.91 Å². The number of carbonyl (C=O) groups excluding carboxylic acids is 2. The summed E-state index contributed by atoms with van der Waals surface area (Å²) in [4.78, 5) is 24.4. The van der Waals surface area contributed by atoms with Crippen LogP contribution in [-0.2, 0) is 4.79 Å². The van der Waals surface area contributed by atoms with Crippen LogP contribution in [0.5, 0.6) is 0 Å². The molecule has 1 aliphatic rings. The van der Waals surface area contributed by atoms with E-state index >= 15 is 0 Å². The standard InChI is InChI=1S/C11H10ClN3O3/c12-7-2-1-3-8(6-7)13-11(17)15-5-4-9(14-18)10(15)16/h1-3,6,18H,4-5H2,(H,13,17)/b14-9-. The number of hydrogen-bond donors (Lipinski definition) is 2. The first kappa shape index (κ1) is 12.4. The van der Waals surface area contributed by atoms with Crippen molar-refractivity contribution in [2.24, 2.45) is 5.16 Å². The minimum absolute atomic E-state index is 0.0174. The van der Waals surface area contributed by atoms with E-state index in [1.807, 2.05) is 0 Å². The molecular weight excluding hydrogens is 258 g/mol. The van der Waals surface area contributed by atoms with Crippen molar-refractivity contribution in [1.29, 1.82) is 0 Å². The Labute approximate surface area is 108 Å². The third-order valence-corrected chi connectivity index (χ3v) is 2.74. The van der Waals surface area contributed by atoms with Crippen molar-refractivity contribution in [2.75, 3.05) is 11.9 Å². The number of oxime groups is 1. The summed E-state index contributed by atoms with van der Waals surface area (Å²) in [5, 5.41) is 14.4. The van der Waals surface area contributed by atoms with Crippen LogP contribution < -0.4 is 5.32 Å². The summed E-state index contributed by atoms with van der Waals surface area (Å²) in [5.41, 5.74) is 0.478. The van der Waals surface area contributed by atoms with Gasteiger partial charge in [0.15, 0.2) is 0 Å². The molecule has 2 N–H and O–H groups in total. The fourth-order valence-electron chi connectivity index (χ4n) is 1.63. The summed E-state index contributed by atoms with van der Waals surface area (Å²) in [5.74, 6) is -0.586. The average Bonchev–Trinajstić information content (AvgIpc) is 2.70. The van der Waals surface area contributed by atoms with Gasteiger partial charge in [0.05, 0.1) is 0 Å². The third kappa shape index (κ3) is 2.43. The van der Waals surface area contributed by atoms with Gasteiger partial charge in [-0.05, 0) is 18.2 Å². The average molecular weight is 268 g/mol. The second-order valence-electron chi connectivity index (χ2n) is 3.69. The minimum Gasteiger partial charge on any atom is -0.410 e. The van der Waals surface area contributed by atoms with E-state index in [-0.39, 0.29) is 18.7 Å². The maximum atomic E-state index is 11.8. The van der Waals surface area contributed by atoms with E-state index in [1.165, 1.54) is 0 Å². The summed E-state index contributed by atoms with van der Waals surface area (Å²) in [6, 6.07) is 6.02. The van der Waals surface area contributed by atoms with Gasteiger partial charge in [-0.15, -0.1) is 0 Å². The molecule has 6 nitrogen and oxygen atoms in total. The van der Waals surface area contributed by atoms with Crippen LogP contribution in [0.4, 0.5) is 10.5 Å². The predicted octanol–water partition coefficient (Wildman–Crippen LogP) is 1.93. The molecule has 7 heteroatoms. The summed E-state index contributed by atoms with van der Waals surface area (Å²) >= 11 is 5.78. The van der Waals surface area contributed by atoms with E-state index in [4.69, 9.17) is 16.8 Å². The lowest BCUT2D eigenvalue weighted by atomic mass is 10.3. The predicted molar refractivity (Wildman–Crippen MR) is 66.0 cm³/mol. The van der Waals surface area contributed by atoms with E-state index in [0.717, 1.165) is 4.90 Å². The Morgan fingerprint density at radius 1 is 1.50 bits per heavy atom. The van der Waals surface area contributed by atoms with Gasteiger partial charge >= 0.3 is 6.03 Å².